The highest BCUT2D eigenvalue weighted by molar-refractivity contribution is 5.82. The van der Waals surface area contributed by atoms with E-state index < -0.39 is 23.9 Å². The molecule has 3 fully saturated rings. The summed E-state index contributed by atoms with van der Waals surface area (Å²) in [5.41, 5.74) is 0. The number of morpholine rings is 1. The molecule has 0 spiro atoms. The van der Waals surface area contributed by atoms with E-state index >= 15 is 0 Å². The first-order valence-electron chi connectivity index (χ1n) is 9.60. The van der Waals surface area contributed by atoms with E-state index in [-0.39, 0.29) is 24.8 Å². The van der Waals surface area contributed by atoms with Gasteiger partial charge in [-0.25, -0.2) is 0 Å². The zero-order valence-electron chi connectivity index (χ0n) is 15.0. The van der Waals surface area contributed by atoms with Crippen molar-refractivity contribution in [2.24, 2.45) is 17.8 Å². The Hall–Kier alpha value is -1.31. The highest BCUT2D eigenvalue weighted by atomic mass is 19.4. The lowest BCUT2D eigenvalue weighted by Crippen LogP contribution is -2.52. The number of ether oxygens (including phenoxy) is 1. The Kier molecular flexibility index (Phi) is 6.10. The molecule has 0 aromatic rings. The Labute approximate surface area is 151 Å². The molecule has 1 aliphatic carbocycles. The minimum atomic E-state index is -4.33. The molecule has 8 heteroatoms. The average Bonchev–Trinajstić information content (AvgIpc) is 2.67. The fraction of sp³-hybridized carbons (Fsp3) is 0.889. The van der Waals surface area contributed by atoms with Gasteiger partial charge in [0.1, 0.15) is 0 Å². The summed E-state index contributed by atoms with van der Waals surface area (Å²) in [6.45, 7) is 2.81. The van der Waals surface area contributed by atoms with Gasteiger partial charge in [-0.1, -0.05) is 12.8 Å². The Morgan fingerprint density at radius 3 is 2.23 bits per heavy atom. The fourth-order valence-electron chi connectivity index (χ4n) is 4.47. The van der Waals surface area contributed by atoms with Crippen molar-refractivity contribution in [3.8, 4) is 0 Å². The molecule has 2 amide bonds. The van der Waals surface area contributed by atoms with Crippen molar-refractivity contribution in [2.75, 3.05) is 39.4 Å². The molecular formula is C18H27F3N2O3. The van der Waals surface area contributed by atoms with Crippen LogP contribution in [0.5, 0.6) is 0 Å². The number of carbonyl (C=O) groups is 2. The lowest BCUT2D eigenvalue weighted by atomic mass is 9.77. The standard InChI is InChI=1S/C18H27F3N2O3/c19-18(20,21)15-6-2-1-5-14(15)17(25)23-7-3-4-13(12-23)16(24)22-8-10-26-11-9-22/h13-15H,1-12H2. The summed E-state index contributed by atoms with van der Waals surface area (Å²) >= 11 is 0. The van der Waals surface area contributed by atoms with Crippen molar-refractivity contribution >= 4 is 11.8 Å². The van der Waals surface area contributed by atoms with Crippen LogP contribution in [0.2, 0.25) is 0 Å². The molecule has 0 aromatic carbocycles. The molecule has 3 unspecified atom stereocenters. The molecule has 1 saturated carbocycles. The van der Waals surface area contributed by atoms with Gasteiger partial charge in [-0.2, -0.15) is 13.2 Å². The van der Waals surface area contributed by atoms with Crippen LogP contribution >= 0.6 is 0 Å². The van der Waals surface area contributed by atoms with Crippen LogP contribution in [0.4, 0.5) is 13.2 Å². The van der Waals surface area contributed by atoms with Gasteiger partial charge in [0.2, 0.25) is 11.8 Å². The van der Waals surface area contributed by atoms with E-state index in [9.17, 15) is 22.8 Å². The van der Waals surface area contributed by atoms with Crippen LogP contribution in [0.3, 0.4) is 0 Å². The normalized spacial score (nSPS) is 31.0. The maximum absolute atomic E-state index is 13.3. The number of hydrogen-bond donors (Lipinski definition) is 0. The predicted octanol–water partition coefficient (Wildman–Crippen LogP) is 2.45. The topological polar surface area (TPSA) is 49.9 Å². The van der Waals surface area contributed by atoms with Crippen molar-refractivity contribution in [2.45, 2.75) is 44.7 Å². The number of rotatable bonds is 2. The summed E-state index contributed by atoms with van der Waals surface area (Å²) in [4.78, 5) is 28.8. The minimum absolute atomic E-state index is 0.00168. The third-order valence-electron chi connectivity index (χ3n) is 5.91. The molecular weight excluding hydrogens is 349 g/mol. The Morgan fingerprint density at radius 1 is 0.846 bits per heavy atom. The van der Waals surface area contributed by atoms with Gasteiger partial charge < -0.3 is 14.5 Å². The van der Waals surface area contributed by atoms with Crippen LogP contribution in [0.15, 0.2) is 0 Å². The van der Waals surface area contributed by atoms with Crippen LogP contribution in [-0.4, -0.2) is 67.2 Å². The maximum atomic E-state index is 13.3. The second-order valence-corrected chi connectivity index (χ2v) is 7.60. The summed E-state index contributed by atoms with van der Waals surface area (Å²) < 4.78 is 45.2. The lowest BCUT2D eigenvalue weighted by molar-refractivity contribution is -0.201. The third-order valence-corrected chi connectivity index (χ3v) is 5.91. The average molecular weight is 376 g/mol. The maximum Gasteiger partial charge on any atom is 0.392 e. The summed E-state index contributed by atoms with van der Waals surface area (Å²) in [5, 5.41) is 0. The lowest BCUT2D eigenvalue weighted by Gasteiger charge is -2.40. The van der Waals surface area contributed by atoms with Crippen LogP contribution in [0.25, 0.3) is 0 Å². The molecule has 2 heterocycles. The SMILES string of the molecule is O=C(C1CCCN(C(=O)C2CCCCC2C(F)(F)F)C1)N1CCOCC1. The molecule has 2 saturated heterocycles. The van der Waals surface area contributed by atoms with E-state index in [0.29, 0.717) is 65.0 Å². The van der Waals surface area contributed by atoms with Crippen LogP contribution in [0.1, 0.15) is 38.5 Å². The van der Waals surface area contributed by atoms with E-state index in [2.05, 4.69) is 0 Å². The molecule has 3 atom stereocenters. The number of halogens is 3. The van der Waals surface area contributed by atoms with E-state index in [1.807, 2.05) is 0 Å². The minimum Gasteiger partial charge on any atom is -0.378 e. The predicted molar refractivity (Wildman–Crippen MR) is 88.2 cm³/mol. The molecule has 148 valence electrons. The highest BCUT2D eigenvalue weighted by Crippen LogP contribution is 2.42. The van der Waals surface area contributed by atoms with Gasteiger partial charge in [-0.05, 0) is 25.7 Å². The Balaban J connectivity index is 1.64. The van der Waals surface area contributed by atoms with E-state index in [0.717, 1.165) is 0 Å². The zero-order valence-corrected chi connectivity index (χ0v) is 15.0. The van der Waals surface area contributed by atoms with E-state index in [1.165, 1.54) is 4.90 Å². The van der Waals surface area contributed by atoms with E-state index in [4.69, 9.17) is 4.74 Å². The van der Waals surface area contributed by atoms with Crippen LogP contribution in [-0.2, 0) is 14.3 Å². The number of piperidine rings is 1. The summed E-state index contributed by atoms with van der Waals surface area (Å²) in [6.07, 6.45) is -1.48. The van der Waals surface area contributed by atoms with Crippen molar-refractivity contribution in [3.63, 3.8) is 0 Å². The number of amides is 2. The molecule has 5 nitrogen and oxygen atoms in total. The number of likely N-dealkylation sites (tertiary alicyclic amines) is 1. The van der Waals surface area contributed by atoms with Gasteiger partial charge in [0.15, 0.2) is 0 Å². The quantitative estimate of drug-likeness (QED) is 0.744. The molecule has 26 heavy (non-hydrogen) atoms. The van der Waals surface area contributed by atoms with Gasteiger partial charge >= 0.3 is 6.18 Å². The van der Waals surface area contributed by atoms with Gasteiger partial charge in [0.05, 0.1) is 25.0 Å². The highest BCUT2D eigenvalue weighted by Gasteiger charge is 2.49. The second-order valence-electron chi connectivity index (χ2n) is 7.60. The first-order chi connectivity index (χ1) is 12.4. The Morgan fingerprint density at radius 2 is 1.54 bits per heavy atom. The fourth-order valence-corrected chi connectivity index (χ4v) is 4.47. The van der Waals surface area contributed by atoms with Gasteiger partial charge in [0.25, 0.3) is 0 Å². The largest absolute Gasteiger partial charge is 0.392 e. The summed E-state index contributed by atoms with van der Waals surface area (Å²) in [7, 11) is 0. The summed E-state index contributed by atoms with van der Waals surface area (Å²) in [5.74, 6) is -3.24. The van der Waals surface area contributed by atoms with Crippen molar-refractivity contribution in [1.29, 1.82) is 0 Å². The summed E-state index contributed by atoms with van der Waals surface area (Å²) in [6, 6.07) is 0. The molecule has 0 aromatic heterocycles. The first kappa shape index (κ1) is 19.5. The second kappa shape index (κ2) is 8.15. The Bertz CT molecular complexity index is 520. The number of nitrogens with zero attached hydrogens (tertiary/aromatic N) is 2. The van der Waals surface area contributed by atoms with Crippen molar-refractivity contribution < 1.29 is 27.5 Å². The molecule has 2 aliphatic heterocycles. The van der Waals surface area contributed by atoms with Crippen molar-refractivity contribution in [3.05, 3.63) is 0 Å². The molecule has 3 aliphatic rings. The molecule has 0 N–H and O–H groups in total. The molecule has 3 rings (SSSR count). The first-order valence-corrected chi connectivity index (χ1v) is 9.60. The zero-order chi connectivity index (χ0) is 18.7. The monoisotopic (exact) mass is 376 g/mol. The molecule has 0 radical (unpaired) electrons. The number of alkyl halides is 3. The number of hydrogen-bond acceptors (Lipinski definition) is 3. The third kappa shape index (κ3) is 4.32. The van der Waals surface area contributed by atoms with E-state index in [1.54, 1.807) is 4.90 Å². The number of carbonyl (C=O) groups excluding carboxylic acids is 2. The van der Waals surface area contributed by atoms with Crippen LogP contribution < -0.4 is 0 Å². The van der Waals surface area contributed by atoms with Crippen molar-refractivity contribution in [1.82, 2.24) is 9.80 Å². The smallest absolute Gasteiger partial charge is 0.378 e. The van der Waals surface area contributed by atoms with Gasteiger partial charge in [-0.15, -0.1) is 0 Å². The van der Waals surface area contributed by atoms with Crippen LogP contribution in [0, 0.1) is 17.8 Å². The molecule has 0 bridgehead atoms. The van der Waals surface area contributed by atoms with Gasteiger partial charge in [-0.3, -0.25) is 9.59 Å². The van der Waals surface area contributed by atoms with Gasteiger partial charge in [0, 0.05) is 32.1 Å².